The van der Waals surface area contributed by atoms with Crippen LogP contribution in [0.1, 0.15) is 12.5 Å². The number of carbonyl (C=O) groups is 1. The van der Waals surface area contributed by atoms with Gasteiger partial charge in [-0.15, -0.1) is 0 Å². The fourth-order valence-corrected chi connectivity index (χ4v) is 1.29. The molecule has 92 valence electrons. The van der Waals surface area contributed by atoms with Crippen LogP contribution in [0.4, 0.5) is 0 Å². The molecule has 1 aromatic rings. The summed E-state index contributed by atoms with van der Waals surface area (Å²) in [6, 6.07) is 2.56. The van der Waals surface area contributed by atoms with Gasteiger partial charge in [-0.3, -0.25) is 4.99 Å². The fraction of sp³-hybridized carbons (Fsp3) is 0.273. The maximum Gasteiger partial charge on any atom is 0.330 e. The molecule has 0 saturated carbocycles. The molecule has 0 bridgehead atoms. The van der Waals surface area contributed by atoms with Crippen LogP contribution in [0.5, 0.6) is 11.5 Å². The van der Waals surface area contributed by atoms with Crippen molar-refractivity contribution in [3.8, 4) is 11.5 Å². The summed E-state index contributed by atoms with van der Waals surface area (Å²) in [5.41, 5.74) is 0.449. The maximum absolute atomic E-state index is 10.7. The van der Waals surface area contributed by atoms with Crippen LogP contribution >= 0.6 is 0 Å². The first-order chi connectivity index (χ1) is 7.95. The maximum atomic E-state index is 10.7. The smallest absolute Gasteiger partial charge is 0.330 e. The van der Waals surface area contributed by atoms with Crippen molar-refractivity contribution in [1.82, 2.24) is 0 Å². The monoisotopic (exact) mass is 239 g/mol. The molecule has 1 unspecified atom stereocenters. The van der Waals surface area contributed by atoms with Crippen molar-refractivity contribution in [2.75, 3.05) is 6.61 Å². The Hall–Kier alpha value is -2.08. The normalized spacial score (nSPS) is 13.4. The Labute approximate surface area is 97.5 Å². The second-order valence-electron chi connectivity index (χ2n) is 3.45. The minimum atomic E-state index is -1.28. The standard InChI is InChI=1S/C11H13NO5/c1-6(12-9(5-13)11(16)17)8-4-7(14)2-3-10(8)15/h2-4,9,13-15H,5H2,1H3,(H,16,17)/b12-6-. The Morgan fingerprint density at radius 2 is 2.06 bits per heavy atom. The number of phenolic OH excluding ortho intramolecular Hbond substituents is 2. The summed E-state index contributed by atoms with van der Waals surface area (Å²) >= 11 is 0. The van der Waals surface area contributed by atoms with E-state index in [0.29, 0.717) is 0 Å². The van der Waals surface area contributed by atoms with E-state index >= 15 is 0 Å². The van der Waals surface area contributed by atoms with E-state index < -0.39 is 18.6 Å². The Bertz CT molecular complexity index is 455. The second-order valence-corrected chi connectivity index (χ2v) is 3.45. The third-order valence-electron chi connectivity index (χ3n) is 2.18. The first-order valence-electron chi connectivity index (χ1n) is 4.86. The third-order valence-corrected chi connectivity index (χ3v) is 2.18. The second kappa shape index (κ2) is 5.31. The zero-order valence-corrected chi connectivity index (χ0v) is 9.16. The van der Waals surface area contributed by atoms with Gasteiger partial charge < -0.3 is 20.4 Å². The van der Waals surface area contributed by atoms with Crippen molar-refractivity contribution in [3.05, 3.63) is 23.8 Å². The van der Waals surface area contributed by atoms with Crippen molar-refractivity contribution in [2.24, 2.45) is 4.99 Å². The van der Waals surface area contributed by atoms with E-state index in [1.807, 2.05) is 0 Å². The van der Waals surface area contributed by atoms with Gasteiger partial charge in [-0.1, -0.05) is 0 Å². The molecular formula is C11H13NO5. The van der Waals surface area contributed by atoms with Crippen molar-refractivity contribution < 1.29 is 25.2 Å². The number of aliphatic imine (C=N–C) groups is 1. The highest BCUT2D eigenvalue weighted by molar-refractivity contribution is 6.02. The van der Waals surface area contributed by atoms with E-state index in [0.717, 1.165) is 0 Å². The zero-order valence-electron chi connectivity index (χ0n) is 9.16. The van der Waals surface area contributed by atoms with Gasteiger partial charge in [0.05, 0.1) is 6.61 Å². The van der Waals surface area contributed by atoms with Crippen molar-refractivity contribution in [1.29, 1.82) is 0 Å². The molecule has 0 aliphatic heterocycles. The summed E-state index contributed by atoms with van der Waals surface area (Å²) in [6.45, 7) is 0.854. The van der Waals surface area contributed by atoms with Crippen LogP contribution in [0, 0.1) is 0 Å². The average molecular weight is 239 g/mol. The average Bonchev–Trinajstić information content (AvgIpc) is 2.28. The summed E-state index contributed by atoms with van der Waals surface area (Å²) in [6.07, 6.45) is 0. The molecule has 4 N–H and O–H groups in total. The van der Waals surface area contributed by atoms with Crippen molar-refractivity contribution in [2.45, 2.75) is 13.0 Å². The summed E-state index contributed by atoms with van der Waals surface area (Å²) in [5.74, 6) is -1.44. The third kappa shape index (κ3) is 3.18. The number of aliphatic hydroxyl groups excluding tert-OH is 1. The number of carboxylic acid groups (broad SMARTS) is 1. The van der Waals surface area contributed by atoms with E-state index in [9.17, 15) is 15.0 Å². The number of phenols is 2. The number of hydrogen-bond donors (Lipinski definition) is 4. The van der Waals surface area contributed by atoms with Gasteiger partial charge in [0.25, 0.3) is 0 Å². The summed E-state index contributed by atoms with van der Waals surface area (Å²) in [4.78, 5) is 14.4. The van der Waals surface area contributed by atoms with E-state index in [2.05, 4.69) is 4.99 Å². The Kier molecular flexibility index (Phi) is 4.06. The van der Waals surface area contributed by atoms with Gasteiger partial charge in [0, 0.05) is 11.3 Å². The van der Waals surface area contributed by atoms with E-state index in [1.165, 1.54) is 25.1 Å². The first-order valence-corrected chi connectivity index (χ1v) is 4.86. The topological polar surface area (TPSA) is 110 Å². The molecule has 0 fully saturated rings. The van der Waals surface area contributed by atoms with Crippen LogP contribution in [-0.2, 0) is 4.79 Å². The minimum absolute atomic E-state index is 0.0665. The number of hydrogen-bond acceptors (Lipinski definition) is 5. The number of aromatic hydroxyl groups is 2. The highest BCUT2D eigenvalue weighted by Crippen LogP contribution is 2.23. The predicted octanol–water partition coefficient (Wildman–Crippen LogP) is 0.352. The SMILES string of the molecule is C/C(=N/C(CO)C(=O)O)c1cc(O)ccc1O. The molecule has 0 spiro atoms. The number of carboxylic acids is 1. The number of aliphatic hydroxyl groups is 1. The van der Waals surface area contributed by atoms with Crippen LogP contribution in [0.25, 0.3) is 0 Å². The lowest BCUT2D eigenvalue weighted by Gasteiger charge is -2.08. The molecule has 6 heteroatoms. The predicted molar refractivity (Wildman–Crippen MR) is 60.5 cm³/mol. The lowest BCUT2D eigenvalue weighted by Crippen LogP contribution is -2.23. The largest absolute Gasteiger partial charge is 0.508 e. The van der Waals surface area contributed by atoms with E-state index in [-0.39, 0.29) is 22.8 Å². The minimum Gasteiger partial charge on any atom is -0.508 e. The summed E-state index contributed by atoms with van der Waals surface area (Å²) < 4.78 is 0. The molecule has 6 nitrogen and oxygen atoms in total. The molecular weight excluding hydrogens is 226 g/mol. The lowest BCUT2D eigenvalue weighted by atomic mass is 10.1. The first kappa shape index (κ1) is 13.0. The van der Waals surface area contributed by atoms with E-state index in [4.69, 9.17) is 10.2 Å². The molecule has 0 heterocycles. The van der Waals surface area contributed by atoms with Crippen LogP contribution in [-0.4, -0.2) is 44.8 Å². The number of benzene rings is 1. The summed E-state index contributed by atoms with van der Waals surface area (Å²) in [5, 5.41) is 36.3. The van der Waals surface area contributed by atoms with Crippen molar-refractivity contribution >= 4 is 11.7 Å². The summed E-state index contributed by atoms with van der Waals surface area (Å²) in [7, 11) is 0. The van der Waals surface area contributed by atoms with Gasteiger partial charge in [0.2, 0.25) is 0 Å². The van der Waals surface area contributed by atoms with Gasteiger partial charge in [0.15, 0.2) is 6.04 Å². The van der Waals surface area contributed by atoms with Crippen LogP contribution in [0.15, 0.2) is 23.2 Å². The Balaban J connectivity index is 3.10. The van der Waals surface area contributed by atoms with Crippen LogP contribution in [0.2, 0.25) is 0 Å². The molecule has 0 aliphatic carbocycles. The fourth-order valence-electron chi connectivity index (χ4n) is 1.29. The molecule has 0 aromatic heterocycles. The zero-order chi connectivity index (χ0) is 13.0. The molecule has 0 amide bonds. The van der Waals surface area contributed by atoms with Gasteiger partial charge in [0.1, 0.15) is 11.5 Å². The van der Waals surface area contributed by atoms with E-state index in [1.54, 1.807) is 0 Å². The van der Waals surface area contributed by atoms with Gasteiger partial charge in [-0.05, 0) is 25.1 Å². The van der Waals surface area contributed by atoms with Crippen molar-refractivity contribution in [3.63, 3.8) is 0 Å². The molecule has 1 atom stereocenters. The highest BCUT2D eigenvalue weighted by Gasteiger charge is 2.16. The molecule has 1 rings (SSSR count). The van der Waals surface area contributed by atoms with Crippen LogP contribution < -0.4 is 0 Å². The number of nitrogens with zero attached hydrogens (tertiary/aromatic N) is 1. The number of rotatable bonds is 4. The quantitative estimate of drug-likeness (QED) is 0.447. The van der Waals surface area contributed by atoms with Gasteiger partial charge >= 0.3 is 5.97 Å². The molecule has 1 aromatic carbocycles. The van der Waals surface area contributed by atoms with Crippen LogP contribution in [0.3, 0.4) is 0 Å². The Morgan fingerprint density at radius 3 is 2.59 bits per heavy atom. The number of aliphatic carboxylic acids is 1. The van der Waals surface area contributed by atoms with Gasteiger partial charge in [-0.2, -0.15) is 0 Å². The lowest BCUT2D eigenvalue weighted by molar-refractivity contribution is -0.139. The molecule has 0 radical (unpaired) electrons. The highest BCUT2D eigenvalue weighted by atomic mass is 16.4. The molecule has 17 heavy (non-hydrogen) atoms. The molecule has 0 saturated heterocycles. The molecule has 0 aliphatic rings. The van der Waals surface area contributed by atoms with Gasteiger partial charge in [-0.25, -0.2) is 4.79 Å². The Morgan fingerprint density at radius 1 is 1.41 bits per heavy atom.